The lowest BCUT2D eigenvalue weighted by Crippen LogP contribution is -2.15. The van der Waals surface area contributed by atoms with Gasteiger partial charge in [0.1, 0.15) is 17.0 Å². The summed E-state index contributed by atoms with van der Waals surface area (Å²) in [7, 11) is 1.77. The average Bonchev–Trinajstić information content (AvgIpc) is 2.94. The van der Waals surface area contributed by atoms with Crippen molar-refractivity contribution in [3.05, 3.63) is 56.9 Å². The van der Waals surface area contributed by atoms with Crippen LogP contribution in [0.5, 0.6) is 0 Å². The molecule has 0 aliphatic carbocycles. The van der Waals surface area contributed by atoms with Crippen molar-refractivity contribution in [3.8, 4) is 0 Å². The summed E-state index contributed by atoms with van der Waals surface area (Å²) >= 11 is 5.10. The fourth-order valence-corrected chi connectivity index (χ4v) is 4.07. The summed E-state index contributed by atoms with van der Waals surface area (Å²) in [5, 5.41) is 7.29. The Kier molecular flexibility index (Phi) is 3.39. The molecule has 0 aliphatic heterocycles. The highest BCUT2D eigenvalue weighted by molar-refractivity contribution is 9.10. The predicted octanol–water partition coefficient (Wildman–Crippen LogP) is 4.05. The van der Waals surface area contributed by atoms with Crippen LogP contribution in [0.3, 0.4) is 0 Å². The molecule has 3 aromatic heterocycles. The van der Waals surface area contributed by atoms with Crippen LogP contribution < -0.4 is 10.9 Å². The van der Waals surface area contributed by atoms with Crippen molar-refractivity contribution in [3.63, 3.8) is 0 Å². The van der Waals surface area contributed by atoms with Crippen LogP contribution >= 0.6 is 27.3 Å². The number of pyridine rings is 1. The van der Waals surface area contributed by atoms with Crippen molar-refractivity contribution in [1.29, 1.82) is 0 Å². The summed E-state index contributed by atoms with van der Waals surface area (Å²) in [4.78, 5) is 21.3. The van der Waals surface area contributed by atoms with E-state index in [4.69, 9.17) is 0 Å². The Morgan fingerprint density at radius 3 is 2.91 bits per heavy atom. The molecule has 114 valence electrons. The maximum atomic E-state index is 11.8. The van der Waals surface area contributed by atoms with Gasteiger partial charge < -0.3 is 9.88 Å². The molecule has 4 aromatic rings. The number of benzene rings is 1. The molecule has 0 spiro atoms. The van der Waals surface area contributed by atoms with Crippen molar-refractivity contribution < 1.29 is 0 Å². The second kappa shape index (κ2) is 5.43. The quantitative estimate of drug-likeness (QED) is 0.564. The van der Waals surface area contributed by atoms with Crippen molar-refractivity contribution in [1.82, 2.24) is 14.5 Å². The summed E-state index contributed by atoms with van der Waals surface area (Å²) < 4.78 is 2.60. The Hall–Kier alpha value is -2.25. The number of halogens is 1. The maximum Gasteiger partial charge on any atom is 0.250 e. The van der Waals surface area contributed by atoms with Gasteiger partial charge in [-0.3, -0.25) is 4.79 Å². The topological polar surface area (TPSA) is 59.8 Å². The molecular weight excluding hydrogens is 376 g/mol. The monoisotopic (exact) mass is 386 g/mol. The van der Waals surface area contributed by atoms with E-state index >= 15 is 0 Å². The second-order valence-corrected chi connectivity index (χ2v) is 6.83. The van der Waals surface area contributed by atoms with Gasteiger partial charge in [-0.25, -0.2) is 9.97 Å². The lowest BCUT2D eigenvalue weighted by molar-refractivity contribution is 0.906. The van der Waals surface area contributed by atoms with E-state index in [1.807, 2.05) is 29.6 Å². The maximum absolute atomic E-state index is 11.8. The van der Waals surface area contributed by atoms with Gasteiger partial charge in [-0.1, -0.05) is 6.07 Å². The van der Waals surface area contributed by atoms with Crippen molar-refractivity contribution in [2.45, 2.75) is 0 Å². The zero-order valence-electron chi connectivity index (χ0n) is 12.1. The van der Waals surface area contributed by atoms with Gasteiger partial charge in [0, 0.05) is 28.7 Å². The smallest absolute Gasteiger partial charge is 0.250 e. The standard InChI is InChI=1S/C16H11BrN4OS/c1-21-12-6-10(4-2-9(12)3-5-13(21)22)20-15-14-11(17)7-23-16(14)19-8-18-15/h2-8H,1H3,(H,18,19,20). The molecule has 1 aromatic carbocycles. The summed E-state index contributed by atoms with van der Waals surface area (Å²) in [5.74, 6) is 0.739. The minimum atomic E-state index is -0.0281. The van der Waals surface area contributed by atoms with Gasteiger partial charge in [-0.05, 0) is 39.5 Å². The molecule has 0 atom stereocenters. The minimum absolute atomic E-state index is 0.0281. The lowest BCUT2D eigenvalue weighted by atomic mass is 10.2. The minimum Gasteiger partial charge on any atom is -0.339 e. The summed E-state index contributed by atoms with van der Waals surface area (Å²) in [6.07, 6.45) is 1.55. The molecule has 0 fully saturated rings. The molecule has 0 radical (unpaired) electrons. The highest BCUT2D eigenvalue weighted by atomic mass is 79.9. The Bertz CT molecular complexity index is 1100. The fraction of sp³-hybridized carbons (Fsp3) is 0.0625. The number of nitrogens with one attached hydrogen (secondary N) is 1. The van der Waals surface area contributed by atoms with Crippen molar-refractivity contribution in [2.75, 3.05) is 5.32 Å². The third-order valence-corrected chi connectivity index (χ3v) is 5.53. The molecule has 3 heterocycles. The summed E-state index contributed by atoms with van der Waals surface area (Å²) in [6, 6.07) is 9.32. The molecule has 0 unspecified atom stereocenters. The summed E-state index contributed by atoms with van der Waals surface area (Å²) in [6.45, 7) is 0. The molecule has 4 rings (SSSR count). The highest BCUT2D eigenvalue weighted by Gasteiger charge is 2.10. The van der Waals surface area contributed by atoms with Gasteiger partial charge in [0.05, 0.1) is 10.9 Å². The Morgan fingerprint density at radius 1 is 1.22 bits per heavy atom. The van der Waals surface area contributed by atoms with E-state index in [-0.39, 0.29) is 5.56 Å². The van der Waals surface area contributed by atoms with Gasteiger partial charge in [-0.2, -0.15) is 0 Å². The SMILES string of the molecule is Cn1c(=O)ccc2ccc(Nc3ncnc4scc(Br)c34)cc21. The van der Waals surface area contributed by atoms with Gasteiger partial charge in [-0.15, -0.1) is 11.3 Å². The molecular formula is C16H11BrN4OS. The highest BCUT2D eigenvalue weighted by Crippen LogP contribution is 2.34. The third-order valence-electron chi connectivity index (χ3n) is 3.72. The van der Waals surface area contributed by atoms with Gasteiger partial charge >= 0.3 is 0 Å². The zero-order valence-corrected chi connectivity index (χ0v) is 14.5. The normalized spacial score (nSPS) is 11.2. The van der Waals surface area contributed by atoms with Gasteiger partial charge in [0.2, 0.25) is 0 Å². The first-order chi connectivity index (χ1) is 11.1. The van der Waals surface area contributed by atoms with E-state index in [0.717, 1.165) is 37.1 Å². The number of hydrogen-bond donors (Lipinski definition) is 1. The van der Waals surface area contributed by atoms with E-state index in [2.05, 4.69) is 31.2 Å². The lowest BCUT2D eigenvalue weighted by Gasteiger charge is -2.10. The van der Waals surface area contributed by atoms with Crippen LogP contribution in [-0.2, 0) is 7.05 Å². The number of nitrogens with zero attached hydrogens (tertiary/aromatic N) is 3. The molecule has 23 heavy (non-hydrogen) atoms. The molecule has 0 saturated carbocycles. The number of aryl methyl sites for hydroxylation is 1. The molecule has 1 N–H and O–H groups in total. The zero-order chi connectivity index (χ0) is 16.0. The predicted molar refractivity (Wildman–Crippen MR) is 97.6 cm³/mol. The second-order valence-electron chi connectivity index (χ2n) is 5.12. The van der Waals surface area contributed by atoms with Crippen LogP contribution in [-0.4, -0.2) is 14.5 Å². The number of thiophene rings is 1. The number of hydrogen-bond acceptors (Lipinski definition) is 5. The number of fused-ring (bicyclic) bond motifs is 2. The van der Waals surface area contributed by atoms with Crippen LogP contribution in [0, 0.1) is 0 Å². The van der Waals surface area contributed by atoms with E-state index < -0.39 is 0 Å². The van der Waals surface area contributed by atoms with Crippen molar-refractivity contribution in [2.24, 2.45) is 7.05 Å². The fourth-order valence-electron chi connectivity index (χ4n) is 2.52. The van der Waals surface area contributed by atoms with E-state index in [1.165, 1.54) is 0 Å². The molecule has 5 nitrogen and oxygen atoms in total. The van der Waals surface area contributed by atoms with Crippen molar-refractivity contribution >= 4 is 59.9 Å². The Morgan fingerprint density at radius 2 is 2.04 bits per heavy atom. The number of anilines is 2. The summed E-state index contributed by atoms with van der Waals surface area (Å²) in [5.41, 5.74) is 1.72. The molecule has 0 saturated heterocycles. The molecule has 0 aliphatic rings. The molecule has 7 heteroatoms. The molecule has 0 bridgehead atoms. The van der Waals surface area contributed by atoms with Gasteiger partial charge in [0.15, 0.2) is 0 Å². The van der Waals surface area contributed by atoms with Crippen LogP contribution in [0.15, 0.2) is 51.3 Å². The first-order valence-electron chi connectivity index (χ1n) is 6.88. The van der Waals surface area contributed by atoms with Crippen LogP contribution in [0.25, 0.3) is 21.1 Å². The van der Waals surface area contributed by atoms with E-state index in [1.54, 1.807) is 35.3 Å². The molecule has 0 amide bonds. The number of aromatic nitrogens is 3. The van der Waals surface area contributed by atoms with Gasteiger partial charge in [0.25, 0.3) is 5.56 Å². The number of rotatable bonds is 2. The average molecular weight is 387 g/mol. The first-order valence-corrected chi connectivity index (χ1v) is 8.55. The largest absolute Gasteiger partial charge is 0.339 e. The Labute approximate surface area is 143 Å². The van der Waals surface area contributed by atoms with Crippen LogP contribution in [0.4, 0.5) is 11.5 Å². The third kappa shape index (κ3) is 2.42. The Balaban J connectivity index is 1.85. The van der Waals surface area contributed by atoms with E-state index in [9.17, 15) is 4.79 Å². The van der Waals surface area contributed by atoms with Crippen LogP contribution in [0.2, 0.25) is 0 Å². The van der Waals surface area contributed by atoms with E-state index in [0.29, 0.717) is 0 Å². The first kappa shape index (κ1) is 14.3. The van der Waals surface area contributed by atoms with Crippen LogP contribution in [0.1, 0.15) is 0 Å².